The lowest BCUT2D eigenvalue weighted by Gasteiger charge is -2.14. The summed E-state index contributed by atoms with van der Waals surface area (Å²) in [6, 6.07) is 9.80. The molecule has 0 aliphatic rings. The number of para-hydroxylation sites is 1. The lowest BCUT2D eigenvalue weighted by Crippen LogP contribution is -2.13. The van der Waals surface area contributed by atoms with E-state index in [2.05, 4.69) is 15.3 Å². The Hall–Kier alpha value is -2.70. The number of benzene rings is 2. The molecule has 3 aromatic rings. The van der Waals surface area contributed by atoms with Crippen molar-refractivity contribution in [3.05, 3.63) is 65.7 Å². The van der Waals surface area contributed by atoms with Gasteiger partial charge in [0, 0.05) is 11.9 Å². The van der Waals surface area contributed by atoms with Crippen molar-refractivity contribution in [2.75, 3.05) is 11.9 Å². The first kappa shape index (κ1) is 16.2. The normalized spacial score (nSPS) is 11.7. The Kier molecular flexibility index (Phi) is 4.33. The lowest BCUT2D eigenvalue weighted by molar-refractivity contribution is -0.138. The number of halogens is 4. The van der Waals surface area contributed by atoms with Gasteiger partial charge in [0.05, 0.1) is 11.1 Å². The highest BCUT2D eigenvalue weighted by Gasteiger charge is 2.33. The molecule has 0 amide bonds. The van der Waals surface area contributed by atoms with E-state index < -0.39 is 17.6 Å². The highest BCUT2D eigenvalue weighted by Crippen LogP contribution is 2.32. The third-order valence-corrected chi connectivity index (χ3v) is 3.60. The van der Waals surface area contributed by atoms with E-state index in [1.165, 1.54) is 6.33 Å². The lowest BCUT2D eigenvalue weighted by atomic mass is 10.0. The maximum atomic E-state index is 13.3. The third-order valence-electron chi connectivity index (χ3n) is 3.60. The number of alkyl halides is 3. The van der Waals surface area contributed by atoms with Crippen LogP contribution in [0.25, 0.3) is 10.9 Å². The van der Waals surface area contributed by atoms with Crippen LogP contribution in [-0.2, 0) is 12.6 Å². The van der Waals surface area contributed by atoms with Gasteiger partial charge in [-0.3, -0.25) is 0 Å². The van der Waals surface area contributed by atoms with E-state index in [9.17, 15) is 17.6 Å². The number of hydrogen-bond donors (Lipinski definition) is 1. The molecule has 2 aromatic carbocycles. The molecular weight excluding hydrogens is 322 g/mol. The zero-order chi connectivity index (χ0) is 17.2. The molecule has 0 fully saturated rings. The molecule has 3 nitrogen and oxygen atoms in total. The van der Waals surface area contributed by atoms with E-state index in [4.69, 9.17) is 0 Å². The Morgan fingerprint density at radius 1 is 1.00 bits per heavy atom. The molecule has 0 bridgehead atoms. The van der Waals surface area contributed by atoms with Gasteiger partial charge in [-0.25, -0.2) is 14.4 Å². The molecular formula is C17H13F4N3. The van der Waals surface area contributed by atoms with Crippen molar-refractivity contribution >= 4 is 16.7 Å². The van der Waals surface area contributed by atoms with E-state index in [-0.39, 0.29) is 18.5 Å². The van der Waals surface area contributed by atoms with Crippen LogP contribution in [0.3, 0.4) is 0 Å². The van der Waals surface area contributed by atoms with Crippen LogP contribution in [0.2, 0.25) is 0 Å². The van der Waals surface area contributed by atoms with Crippen LogP contribution < -0.4 is 5.32 Å². The molecule has 0 saturated carbocycles. The fourth-order valence-electron chi connectivity index (χ4n) is 2.51. The van der Waals surface area contributed by atoms with Gasteiger partial charge in [-0.05, 0) is 42.3 Å². The summed E-state index contributed by atoms with van der Waals surface area (Å²) in [6.07, 6.45) is -3.11. The molecule has 0 radical (unpaired) electrons. The summed E-state index contributed by atoms with van der Waals surface area (Å²) < 4.78 is 52.2. The predicted molar refractivity (Wildman–Crippen MR) is 83.1 cm³/mol. The largest absolute Gasteiger partial charge is 0.416 e. The Morgan fingerprint density at radius 2 is 1.79 bits per heavy atom. The third kappa shape index (κ3) is 3.45. The highest BCUT2D eigenvalue weighted by molar-refractivity contribution is 5.88. The van der Waals surface area contributed by atoms with E-state index in [0.29, 0.717) is 5.82 Å². The van der Waals surface area contributed by atoms with Gasteiger partial charge in [-0.1, -0.05) is 12.1 Å². The Labute approximate surface area is 135 Å². The van der Waals surface area contributed by atoms with Gasteiger partial charge < -0.3 is 5.32 Å². The van der Waals surface area contributed by atoms with E-state index in [1.54, 1.807) is 0 Å². The molecule has 7 heteroatoms. The second kappa shape index (κ2) is 6.43. The summed E-state index contributed by atoms with van der Waals surface area (Å²) in [6.45, 7) is 0.188. The summed E-state index contributed by atoms with van der Waals surface area (Å²) in [4.78, 5) is 8.22. The second-order valence-corrected chi connectivity index (χ2v) is 5.22. The Bertz CT molecular complexity index is 857. The summed E-state index contributed by atoms with van der Waals surface area (Å²) in [5.74, 6) is -0.156. The summed E-state index contributed by atoms with van der Waals surface area (Å²) in [5.41, 5.74) is -0.177. The Morgan fingerprint density at radius 3 is 2.58 bits per heavy atom. The van der Waals surface area contributed by atoms with Crippen molar-refractivity contribution in [3.8, 4) is 0 Å². The SMILES string of the molecule is Fc1ccc(C(F)(F)F)c(CCNc2ncnc3ccccc23)c1. The van der Waals surface area contributed by atoms with Gasteiger partial charge in [0.2, 0.25) is 0 Å². The molecule has 0 unspecified atom stereocenters. The number of fused-ring (bicyclic) bond motifs is 1. The zero-order valence-electron chi connectivity index (χ0n) is 12.4. The fourth-order valence-corrected chi connectivity index (χ4v) is 2.51. The molecule has 0 saturated heterocycles. The first-order valence-electron chi connectivity index (χ1n) is 7.24. The molecule has 1 N–H and O–H groups in total. The summed E-state index contributed by atoms with van der Waals surface area (Å²) in [5, 5.41) is 3.77. The number of nitrogens with zero attached hydrogens (tertiary/aromatic N) is 2. The van der Waals surface area contributed by atoms with E-state index >= 15 is 0 Å². The molecule has 1 heterocycles. The van der Waals surface area contributed by atoms with Crippen molar-refractivity contribution in [3.63, 3.8) is 0 Å². The van der Waals surface area contributed by atoms with Crippen molar-refractivity contribution < 1.29 is 17.6 Å². The van der Waals surface area contributed by atoms with Crippen LogP contribution in [0.15, 0.2) is 48.8 Å². The number of hydrogen-bond acceptors (Lipinski definition) is 3. The Balaban J connectivity index is 1.78. The van der Waals surface area contributed by atoms with E-state index in [1.807, 2.05) is 24.3 Å². The van der Waals surface area contributed by atoms with Crippen molar-refractivity contribution in [1.82, 2.24) is 9.97 Å². The van der Waals surface area contributed by atoms with E-state index in [0.717, 1.165) is 29.1 Å². The monoisotopic (exact) mass is 335 g/mol. The minimum Gasteiger partial charge on any atom is -0.369 e. The van der Waals surface area contributed by atoms with Crippen LogP contribution in [0.1, 0.15) is 11.1 Å². The van der Waals surface area contributed by atoms with Gasteiger partial charge in [0.15, 0.2) is 0 Å². The smallest absolute Gasteiger partial charge is 0.369 e. The average Bonchev–Trinajstić information content (AvgIpc) is 2.54. The molecule has 1 aromatic heterocycles. The van der Waals surface area contributed by atoms with Gasteiger partial charge >= 0.3 is 6.18 Å². The van der Waals surface area contributed by atoms with Crippen LogP contribution in [0.5, 0.6) is 0 Å². The van der Waals surface area contributed by atoms with Gasteiger partial charge in [0.25, 0.3) is 0 Å². The number of rotatable bonds is 4. The minimum atomic E-state index is -4.51. The minimum absolute atomic E-state index is 0.0188. The standard InChI is InChI=1S/C17H13F4N3/c18-12-5-6-14(17(19,20)21)11(9-12)7-8-22-16-13-3-1-2-4-15(13)23-10-24-16/h1-6,9-10H,7-8H2,(H,22,23,24). The fraction of sp³-hybridized carbons (Fsp3) is 0.176. The van der Waals surface area contributed by atoms with Crippen molar-refractivity contribution in [2.45, 2.75) is 12.6 Å². The van der Waals surface area contributed by atoms with Crippen molar-refractivity contribution in [2.24, 2.45) is 0 Å². The molecule has 0 spiro atoms. The molecule has 0 atom stereocenters. The molecule has 124 valence electrons. The summed E-state index contributed by atoms with van der Waals surface area (Å²) in [7, 11) is 0. The highest BCUT2D eigenvalue weighted by atomic mass is 19.4. The van der Waals surface area contributed by atoms with Crippen LogP contribution in [0, 0.1) is 5.82 Å². The van der Waals surface area contributed by atoms with Gasteiger partial charge in [-0.15, -0.1) is 0 Å². The molecule has 0 aliphatic heterocycles. The first-order chi connectivity index (χ1) is 11.4. The second-order valence-electron chi connectivity index (χ2n) is 5.22. The zero-order valence-corrected chi connectivity index (χ0v) is 12.4. The van der Waals surface area contributed by atoms with Crippen LogP contribution in [-0.4, -0.2) is 16.5 Å². The number of aromatic nitrogens is 2. The number of nitrogens with one attached hydrogen (secondary N) is 1. The quantitative estimate of drug-likeness (QED) is 0.716. The molecule has 24 heavy (non-hydrogen) atoms. The van der Waals surface area contributed by atoms with Crippen LogP contribution >= 0.6 is 0 Å². The number of anilines is 1. The van der Waals surface area contributed by atoms with Gasteiger partial charge in [0.1, 0.15) is 18.0 Å². The van der Waals surface area contributed by atoms with Crippen molar-refractivity contribution in [1.29, 1.82) is 0 Å². The average molecular weight is 335 g/mol. The van der Waals surface area contributed by atoms with Crippen LogP contribution in [0.4, 0.5) is 23.4 Å². The maximum absolute atomic E-state index is 13.3. The first-order valence-corrected chi connectivity index (χ1v) is 7.24. The predicted octanol–water partition coefficient (Wildman–Crippen LogP) is 4.44. The molecule has 0 aliphatic carbocycles. The van der Waals surface area contributed by atoms with Gasteiger partial charge in [-0.2, -0.15) is 13.2 Å². The summed E-state index contributed by atoms with van der Waals surface area (Å²) >= 11 is 0. The maximum Gasteiger partial charge on any atom is 0.416 e. The topological polar surface area (TPSA) is 37.8 Å². The molecule has 3 rings (SSSR count).